The van der Waals surface area contributed by atoms with Crippen LogP contribution in [0.1, 0.15) is 28.1 Å². The van der Waals surface area contributed by atoms with Crippen LogP contribution >= 0.6 is 11.3 Å². The van der Waals surface area contributed by atoms with Crippen molar-refractivity contribution in [3.05, 3.63) is 120 Å². The Bertz CT molecular complexity index is 1760. The molecule has 1 N–H and O–H groups in total. The molecule has 236 valence electrons. The lowest BCUT2D eigenvalue weighted by Crippen LogP contribution is -2.75. The van der Waals surface area contributed by atoms with Gasteiger partial charge in [-0.2, -0.15) is 0 Å². The number of carbonyl (C=O) groups excluding carboxylic acids is 3. The molecule has 0 radical (unpaired) electrons. The lowest BCUT2D eigenvalue weighted by atomic mass is 9.98. The van der Waals surface area contributed by atoms with Crippen molar-refractivity contribution in [2.75, 3.05) is 19.6 Å². The van der Waals surface area contributed by atoms with Crippen LogP contribution in [-0.4, -0.2) is 79.5 Å². The highest BCUT2D eigenvalue weighted by atomic mass is 32.1. The third kappa shape index (κ3) is 6.45. The van der Waals surface area contributed by atoms with Crippen molar-refractivity contribution >= 4 is 39.3 Å². The molecule has 10 heteroatoms. The van der Waals surface area contributed by atoms with Gasteiger partial charge in [-0.25, -0.2) is 15.0 Å². The first kappa shape index (κ1) is 31.2. The summed E-state index contributed by atoms with van der Waals surface area (Å²) >= 11 is 1.61. The number of nitrogens with zero attached hydrogens (tertiary/aromatic N) is 5. The fourth-order valence-corrected chi connectivity index (χ4v) is 7.38. The third-order valence-electron chi connectivity index (χ3n) is 8.49. The van der Waals surface area contributed by atoms with Gasteiger partial charge in [-0.15, -0.1) is 24.5 Å². The summed E-state index contributed by atoms with van der Waals surface area (Å²) in [5, 5.41) is 14.3. The zero-order valence-corrected chi connectivity index (χ0v) is 26.4. The Balaban J connectivity index is 1.37. The summed E-state index contributed by atoms with van der Waals surface area (Å²) in [4.78, 5) is 50.5. The van der Waals surface area contributed by atoms with Crippen LogP contribution in [0.5, 0.6) is 5.75 Å². The van der Waals surface area contributed by atoms with Gasteiger partial charge in [0.1, 0.15) is 18.0 Å². The van der Waals surface area contributed by atoms with Gasteiger partial charge in [0.05, 0.1) is 28.3 Å². The molecule has 46 heavy (non-hydrogen) atoms. The van der Waals surface area contributed by atoms with E-state index in [4.69, 9.17) is 4.98 Å². The van der Waals surface area contributed by atoms with Crippen LogP contribution in [0.2, 0.25) is 0 Å². The molecule has 0 saturated carbocycles. The predicted molar refractivity (Wildman–Crippen MR) is 179 cm³/mol. The number of benzene rings is 3. The van der Waals surface area contributed by atoms with Crippen molar-refractivity contribution in [1.82, 2.24) is 24.8 Å². The van der Waals surface area contributed by atoms with Gasteiger partial charge in [0.15, 0.2) is 0 Å². The number of hydrogen-bond acceptors (Lipinski definition) is 7. The maximum atomic E-state index is 14.4. The summed E-state index contributed by atoms with van der Waals surface area (Å²) in [5.41, 5.74) is 3.60. The van der Waals surface area contributed by atoms with E-state index < -0.39 is 12.2 Å². The highest BCUT2D eigenvalue weighted by Gasteiger charge is 2.51. The second kappa shape index (κ2) is 13.7. The number of piperazine rings is 1. The molecule has 0 bridgehead atoms. The first-order chi connectivity index (χ1) is 22.4. The smallest absolute Gasteiger partial charge is 0.246 e. The van der Waals surface area contributed by atoms with E-state index in [2.05, 4.69) is 13.2 Å². The zero-order chi connectivity index (χ0) is 32.2. The van der Waals surface area contributed by atoms with E-state index in [0.29, 0.717) is 19.4 Å². The third-order valence-corrected chi connectivity index (χ3v) is 9.53. The minimum Gasteiger partial charge on any atom is -0.508 e. The number of hydrazine groups is 1. The van der Waals surface area contributed by atoms with Gasteiger partial charge in [-0.1, -0.05) is 66.7 Å². The number of thiazole rings is 1. The molecule has 3 aromatic carbocycles. The molecular weight excluding hydrogens is 598 g/mol. The molecule has 2 saturated heterocycles. The van der Waals surface area contributed by atoms with Gasteiger partial charge in [0, 0.05) is 32.4 Å². The van der Waals surface area contributed by atoms with Gasteiger partial charge in [0.2, 0.25) is 17.7 Å². The van der Waals surface area contributed by atoms with Gasteiger partial charge in [-0.05, 0) is 41.3 Å². The van der Waals surface area contributed by atoms with Crippen molar-refractivity contribution in [3.8, 4) is 5.75 Å². The number of fused-ring (bicyclic) bond motifs is 2. The summed E-state index contributed by atoms with van der Waals surface area (Å²) in [6.07, 6.45) is 4.52. The van der Waals surface area contributed by atoms with Crippen molar-refractivity contribution in [2.45, 2.75) is 44.4 Å². The molecule has 3 amide bonds. The monoisotopic (exact) mass is 635 g/mol. The van der Waals surface area contributed by atoms with Crippen LogP contribution in [0.25, 0.3) is 10.2 Å². The maximum Gasteiger partial charge on any atom is 0.246 e. The number of para-hydroxylation sites is 1. The van der Waals surface area contributed by atoms with E-state index in [1.807, 2.05) is 54.6 Å². The molecule has 1 aromatic heterocycles. The second-order valence-corrected chi connectivity index (χ2v) is 12.7. The van der Waals surface area contributed by atoms with Crippen LogP contribution in [0.3, 0.4) is 0 Å². The average Bonchev–Trinajstić information content (AvgIpc) is 3.47. The Morgan fingerprint density at radius 3 is 2.50 bits per heavy atom. The minimum absolute atomic E-state index is 0.0385. The van der Waals surface area contributed by atoms with Gasteiger partial charge in [0.25, 0.3) is 0 Å². The van der Waals surface area contributed by atoms with Gasteiger partial charge in [-0.3, -0.25) is 14.4 Å². The summed E-state index contributed by atoms with van der Waals surface area (Å²) in [5.74, 6) is -0.409. The van der Waals surface area contributed by atoms with Crippen LogP contribution in [0.15, 0.2) is 98.1 Å². The molecular formula is C36H37N5O4S. The Labute approximate surface area is 272 Å². The number of allylic oxidation sites excluding steroid dienone is 1. The van der Waals surface area contributed by atoms with E-state index in [1.54, 1.807) is 61.5 Å². The number of rotatable bonds is 11. The van der Waals surface area contributed by atoms with Gasteiger partial charge < -0.3 is 14.9 Å². The Morgan fingerprint density at radius 2 is 1.76 bits per heavy atom. The highest BCUT2D eigenvalue weighted by molar-refractivity contribution is 7.18. The minimum atomic E-state index is -0.836. The van der Waals surface area contributed by atoms with Crippen molar-refractivity contribution < 1.29 is 19.5 Å². The SMILES string of the molecule is C=CCc1nc2c(CN3C[C@H]4N(C(=O)CN(CC=C)N4C(=O)CCc4ccccc4)[C@@H](Cc4ccc(O)cc4)C3=O)cccc2s1. The average molecular weight is 636 g/mol. The number of aromatic hydroxyl groups is 1. The zero-order valence-electron chi connectivity index (χ0n) is 25.6. The van der Waals surface area contributed by atoms with Crippen LogP contribution in [0.4, 0.5) is 0 Å². The summed E-state index contributed by atoms with van der Waals surface area (Å²) in [6.45, 7) is 8.43. The fourth-order valence-electron chi connectivity index (χ4n) is 6.37. The van der Waals surface area contributed by atoms with E-state index in [1.165, 1.54) is 0 Å². The normalized spacial score (nSPS) is 18.6. The number of aromatic nitrogens is 1. The number of phenols is 1. The number of aryl methyl sites for hydroxylation is 1. The fraction of sp³-hybridized carbons (Fsp3) is 0.278. The lowest BCUT2D eigenvalue weighted by molar-refractivity contribution is -0.205. The second-order valence-electron chi connectivity index (χ2n) is 11.6. The van der Waals surface area contributed by atoms with Crippen LogP contribution < -0.4 is 0 Å². The number of hydrogen-bond donors (Lipinski definition) is 1. The summed E-state index contributed by atoms with van der Waals surface area (Å²) in [7, 11) is 0. The maximum absolute atomic E-state index is 14.4. The Kier molecular flexibility index (Phi) is 9.28. The van der Waals surface area contributed by atoms with Crippen molar-refractivity contribution in [2.24, 2.45) is 0 Å². The van der Waals surface area contributed by atoms with E-state index in [-0.39, 0.29) is 55.9 Å². The van der Waals surface area contributed by atoms with E-state index >= 15 is 0 Å². The first-order valence-corrected chi connectivity index (χ1v) is 16.3. The molecule has 9 nitrogen and oxygen atoms in total. The molecule has 2 fully saturated rings. The molecule has 2 aliphatic heterocycles. The molecule has 4 aromatic rings. The highest BCUT2D eigenvalue weighted by Crippen LogP contribution is 2.32. The Morgan fingerprint density at radius 1 is 0.978 bits per heavy atom. The molecule has 0 unspecified atom stereocenters. The van der Waals surface area contributed by atoms with Crippen LogP contribution in [0, 0.1) is 0 Å². The Hall–Kier alpha value is -4.80. The van der Waals surface area contributed by atoms with E-state index in [9.17, 15) is 19.5 Å². The topological polar surface area (TPSA) is 97.3 Å². The molecule has 0 aliphatic carbocycles. The quantitative estimate of drug-likeness (QED) is 0.240. The van der Waals surface area contributed by atoms with Gasteiger partial charge >= 0.3 is 0 Å². The van der Waals surface area contributed by atoms with E-state index in [0.717, 1.165) is 31.9 Å². The van der Waals surface area contributed by atoms with Crippen LogP contribution in [-0.2, 0) is 40.2 Å². The summed E-state index contributed by atoms with van der Waals surface area (Å²) < 4.78 is 1.03. The van der Waals surface area contributed by atoms with Crippen molar-refractivity contribution in [1.29, 1.82) is 0 Å². The lowest BCUT2D eigenvalue weighted by Gasteiger charge is -2.55. The number of carbonyl (C=O) groups is 3. The number of amides is 3. The largest absolute Gasteiger partial charge is 0.508 e. The first-order valence-electron chi connectivity index (χ1n) is 15.4. The van der Waals surface area contributed by atoms with Crippen molar-refractivity contribution in [3.63, 3.8) is 0 Å². The summed E-state index contributed by atoms with van der Waals surface area (Å²) in [6, 6.07) is 21.6. The molecule has 2 atom stereocenters. The molecule has 2 aliphatic rings. The molecule has 6 rings (SSSR count). The molecule has 3 heterocycles. The predicted octanol–water partition coefficient (Wildman–Crippen LogP) is 4.72. The standard InChI is InChI=1S/C36H37N5O4S/c1-3-9-31-37-35-27(12-8-13-30(35)46-31)22-38-23-32-40(29(36(38)45)21-26-14-17-28(42)18-15-26)34(44)24-39(20-4-2)41(32)33(43)19-16-25-10-6-5-7-11-25/h3-8,10-15,17-18,29,32,42H,1-2,9,16,19-24H2/t29-,32-/m0/s1. The molecule has 0 spiro atoms. The number of phenolic OH excluding ortho intramolecular Hbond substituents is 1.